The van der Waals surface area contributed by atoms with Crippen LogP contribution in [0, 0.1) is 11.6 Å². The van der Waals surface area contributed by atoms with Gasteiger partial charge in [0.2, 0.25) is 10.0 Å². The van der Waals surface area contributed by atoms with Gasteiger partial charge in [-0.2, -0.15) is 4.31 Å². The van der Waals surface area contributed by atoms with Crippen LogP contribution in [0.4, 0.5) is 13.9 Å². The molecule has 0 aliphatic carbocycles. The molecule has 0 spiro atoms. The van der Waals surface area contributed by atoms with Gasteiger partial charge in [0.25, 0.3) is 5.91 Å². The van der Waals surface area contributed by atoms with Crippen molar-refractivity contribution in [1.29, 1.82) is 0 Å². The lowest BCUT2D eigenvalue weighted by atomic mass is 10.0. The molecular formula is C27H24F2N4O3S2. The molecule has 1 saturated heterocycles. The number of fused-ring (bicyclic) bond motifs is 2. The lowest BCUT2D eigenvalue weighted by Crippen LogP contribution is -2.48. The second-order valence-corrected chi connectivity index (χ2v) is 12.3. The Hall–Kier alpha value is -3.41. The number of benzene rings is 3. The SMILES string of the molecule is O=C(c1ccc(S(=O)(=O)N2CCc3ccccc3C2)cc1)N1CCN(c2nc3c(F)cc(F)cc3s2)CC1. The van der Waals surface area contributed by atoms with E-state index >= 15 is 0 Å². The van der Waals surface area contributed by atoms with E-state index in [1.807, 2.05) is 29.2 Å². The van der Waals surface area contributed by atoms with Crippen molar-refractivity contribution in [3.8, 4) is 0 Å². The molecule has 0 unspecified atom stereocenters. The number of carbonyl (C=O) groups is 1. The Kier molecular flexibility index (Phi) is 6.37. The van der Waals surface area contributed by atoms with E-state index in [0.717, 1.165) is 11.6 Å². The summed E-state index contributed by atoms with van der Waals surface area (Å²) in [4.78, 5) is 21.3. The van der Waals surface area contributed by atoms with E-state index in [2.05, 4.69) is 4.98 Å². The maximum absolute atomic E-state index is 14.0. The predicted octanol–water partition coefficient (Wildman–Crippen LogP) is 4.28. The molecule has 7 nitrogen and oxygen atoms in total. The third kappa shape index (κ3) is 4.55. The van der Waals surface area contributed by atoms with Crippen molar-refractivity contribution in [2.75, 3.05) is 37.6 Å². The first kappa shape index (κ1) is 24.9. The first-order valence-corrected chi connectivity index (χ1v) is 14.5. The zero-order valence-electron chi connectivity index (χ0n) is 20.3. The van der Waals surface area contributed by atoms with Crippen molar-refractivity contribution in [1.82, 2.24) is 14.2 Å². The number of aromatic nitrogens is 1. The predicted molar refractivity (Wildman–Crippen MR) is 142 cm³/mol. The fraction of sp³-hybridized carbons (Fsp3) is 0.259. The average molecular weight is 555 g/mol. The van der Waals surface area contributed by atoms with Crippen molar-refractivity contribution in [2.45, 2.75) is 17.9 Å². The summed E-state index contributed by atoms with van der Waals surface area (Å²) >= 11 is 1.22. The molecule has 0 bridgehead atoms. The number of rotatable bonds is 4. The second-order valence-electron chi connectivity index (χ2n) is 9.39. The molecule has 3 heterocycles. The van der Waals surface area contributed by atoms with E-state index in [4.69, 9.17) is 0 Å². The van der Waals surface area contributed by atoms with Gasteiger partial charge in [0.05, 0.1) is 9.60 Å². The van der Waals surface area contributed by atoms with Crippen molar-refractivity contribution in [2.24, 2.45) is 0 Å². The van der Waals surface area contributed by atoms with E-state index < -0.39 is 21.7 Å². The van der Waals surface area contributed by atoms with Crippen LogP contribution in [0.2, 0.25) is 0 Å². The molecule has 0 N–H and O–H groups in total. The van der Waals surface area contributed by atoms with Gasteiger partial charge in [-0.3, -0.25) is 4.79 Å². The number of nitrogens with zero attached hydrogens (tertiary/aromatic N) is 4. The maximum Gasteiger partial charge on any atom is 0.253 e. The number of thiazole rings is 1. The Balaban J connectivity index is 1.11. The number of carbonyl (C=O) groups excluding carboxylic acids is 1. The summed E-state index contributed by atoms with van der Waals surface area (Å²) in [6.07, 6.45) is 0.667. The van der Waals surface area contributed by atoms with Gasteiger partial charge in [-0.05, 0) is 47.9 Å². The minimum absolute atomic E-state index is 0.147. The van der Waals surface area contributed by atoms with Gasteiger partial charge in [-0.25, -0.2) is 22.2 Å². The largest absolute Gasteiger partial charge is 0.345 e. The van der Waals surface area contributed by atoms with Crippen LogP contribution in [0.15, 0.2) is 65.6 Å². The number of piperazine rings is 1. The van der Waals surface area contributed by atoms with Crippen LogP contribution in [-0.4, -0.2) is 61.2 Å². The Morgan fingerprint density at radius 3 is 2.34 bits per heavy atom. The number of amides is 1. The molecule has 0 atom stereocenters. The number of hydrogen-bond donors (Lipinski definition) is 0. The Labute approximate surface area is 223 Å². The first-order valence-electron chi connectivity index (χ1n) is 12.3. The van der Waals surface area contributed by atoms with Crippen LogP contribution in [0.1, 0.15) is 21.5 Å². The minimum atomic E-state index is -3.68. The summed E-state index contributed by atoms with van der Waals surface area (Å²) in [7, 11) is -3.68. The maximum atomic E-state index is 14.0. The molecule has 4 aromatic rings. The quantitative estimate of drug-likeness (QED) is 0.377. The van der Waals surface area contributed by atoms with Gasteiger partial charge >= 0.3 is 0 Å². The summed E-state index contributed by atoms with van der Waals surface area (Å²) in [6, 6.07) is 16.1. The highest BCUT2D eigenvalue weighted by atomic mass is 32.2. The Bertz CT molecular complexity index is 1630. The van der Waals surface area contributed by atoms with E-state index in [0.29, 0.717) is 61.1 Å². The average Bonchev–Trinajstić information content (AvgIpc) is 3.37. The number of sulfonamides is 1. The summed E-state index contributed by atoms with van der Waals surface area (Å²) in [5.74, 6) is -1.51. The van der Waals surface area contributed by atoms with Gasteiger partial charge in [-0.1, -0.05) is 35.6 Å². The van der Waals surface area contributed by atoms with Crippen molar-refractivity contribution in [3.63, 3.8) is 0 Å². The zero-order chi connectivity index (χ0) is 26.4. The summed E-state index contributed by atoms with van der Waals surface area (Å²) in [5, 5.41) is 0.589. The Morgan fingerprint density at radius 1 is 0.895 bits per heavy atom. The van der Waals surface area contributed by atoms with Gasteiger partial charge in [0.15, 0.2) is 10.9 Å². The van der Waals surface area contributed by atoms with Gasteiger partial charge in [0, 0.05) is 50.9 Å². The molecule has 6 rings (SSSR count). The lowest BCUT2D eigenvalue weighted by molar-refractivity contribution is 0.0746. The molecule has 0 radical (unpaired) electrons. The smallest absolute Gasteiger partial charge is 0.253 e. The molecule has 2 aliphatic heterocycles. The molecule has 38 heavy (non-hydrogen) atoms. The fourth-order valence-electron chi connectivity index (χ4n) is 4.96. The van der Waals surface area contributed by atoms with Crippen molar-refractivity contribution < 1.29 is 22.0 Å². The highest BCUT2D eigenvalue weighted by Crippen LogP contribution is 2.32. The van der Waals surface area contributed by atoms with Gasteiger partial charge in [-0.15, -0.1) is 0 Å². The minimum Gasteiger partial charge on any atom is -0.345 e. The van der Waals surface area contributed by atoms with Crippen LogP contribution in [0.25, 0.3) is 10.2 Å². The molecular weight excluding hydrogens is 530 g/mol. The molecule has 11 heteroatoms. The normalized spacial score (nSPS) is 16.6. The van der Waals surface area contributed by atoms with E-state index in [9.17, 15) is 22.0 Å². The van der Waals surface area contributed by atoms with Gasteiger partial charge in [0.1, 0.15) is 11.3 Å². The van der Waals surface area contributed by atoms with Crippen LogP contribution in [-0.2, 0) is 23.0 Å². The molecule has 1 amide bonds. The van der Waals surface area contributed by atoms with Gasteiger partial charge < -0.3 is 9.80 Å². The monoisotopic (exact) mass is 554 g/mol. The van der Waals surface area contributed by atoms with Crippen molar-refractivity contribution >= 4 is 42.6 Å². The first-order chi connectivity index (χ1) is 18.3. The van der Waals surface area contributed by atoms with Crippen molar-refractivity contribution in [3.05, 3.63) is 89.0 Å². The third-order valence-corrected chi connectivity index (χ3v) is 10.00. The molecule has 1 fully saturated rings. The topological polar surface area (TPSA) is 73.8 Å². The highest BCUT2D eigenvalue weighted by Gasteiger charge is 2.29. The Morgan fingerprint density at radius 2 is 1.61 bits per heavy atom. The van der Waals surface area contributed by atoms with E-state index in [-0.39, 0.29) is 16.3 Å². The zero-order valence-corrected chi connectivity index (χ0v) is 21.9. The van der Waals surface area contributed by atoms with Crippen LogP contribution >= 0.6 is 11.3 Å². The standard InChI is InChI=1S/C27H24F2N4O3S2/c28-21-15-23(29)25-24(16-21)37-27(30-25)32-13-11-31(12-14-32)26(34)19-5-7-22(8-6-19)38(35,36)33-10-9-18-3-1-2-4-20(18)17-33/h1-8,15-16H,9-14,17H2. The van der Waals surface area contributed by atoms with E-state index in [1.165, 1.54) is 39.4 Å². The number of anilines is 1. The van der Waals surface area contributed by atoms with Crippen LogP contribution < -0.4 is 4.90 Å². The summed E-state index contributed by atoms with van der Waals surface area (Å²) in [6.45, 7) is 2.61. The summed E-state index contributed by atoms with van der Waals surface area (Å²) < 4.78 is 56.0. The number of hydrogen-bond acceptors (Lipinski definition) is 6. The molecule has 0 saturated carbocycles. The van der Waals surface area contributed by atoms with Crippen LogP contribution in [0.5, 0.6) is 0 Å². The molecule has 1 aromatic heterocycles. The van der Waals surface area contributed by atoms with Crippen LogP contribution in [0.3, 0.4) is 0 Å². The number of halogens is 2. The third-order valence-electron chi connectivity index (χ3n) is 7.07. The highest BCUT2D eigenvalue weighted by molar-refractivity contribution is 7.89. The molecule has 3 aromatic carbocycles. The molecule has 2 aliphatic rings. The summed E-state index contributed by atoms with van der Waals surface area (Å²) in [5.41, 5.74) is 2.74. The molecule has 196 valence electrons. The fourth-order valence-corrected chi connectivity index (χ4v) is 7.43. The second kappa shape index (κ2) is 9.72. The lowest BCUT2D eigenvalue weighted by Gasteiger charge is -2.34. The van der Waals surface area contributed by atoms with E-state index in [1.54, 1.807) is 17.0 Å².